The SMILES string of the molecule is Cl.O=C(CO[C@H]1Cc2ccccc2C12CCN(CC[C@@]1(c3ccc(Cl)c(Cl)c3)CN(C(=O)c3cc(C(F)(F)F)cc(C(F)(F)F)c3)CCO1)CC2)N1CCN(CCO)CC1. The van der Waals surface area contributed by atoms with Crippen molar-refractivity contribution >= 4 is 47.4 Å². The summed E-state index contributed by atoms with van der Waals surface area (Å²) in [6, 6.07) is 14.1. The van der Waals surface area contributed by atoms with Crippen LogP contribution in [0.5, 0.6) is 0 Å². The van der Waals surface area contributed by atoms with Gasteiger partial charge in [-0.2, -0.15) is 26.3 Å². The van der Waals surface area contributed by atoms with Crippen LogP contribution in [-0.2, 0) is 44.1 Å². The third-order valence-electron chi connectivity index (χ3n) is 12.5. The van der Waals surface area contributed by atoms with Gasteiger partial charge in [-0.05, 0) is 85.8 Å². The molecule has 1 spiro atoms. The summed E-state index contributed by atoms with van der Waals surface area (Å²) in [4.78, 5) is 34.6. The molecule has 60 heavy (non-hydrogen) atoms. The van der Waals surface area contributed by atoms with Crippen molar-refractivity contribution in [1.82, 2.24) is 19.6 Å². The summed E-state index contributed by atoms with van der Waals surface area (Å²) in [5.74, 6) is -1.04. The molecular formula is C42H47Cl3F6N4O5. The first-order valence-electron chi connectivity index (χ1n) is 19.7. The number of hydrogen-bond donors (Lipinski definition) is 1. The maximum atomic E-state index is 13.8. The number of amides is 2. The van der Waals surface area contributed by atoms with Gasteiger partial charge in [0.1, 0.15) is 12.2 Å². The Balaban J connectivity index is 0.00000604. The number of alkyl halides is 6. The van der Waals surface area contributed by atoms with Crippen LogP contribution in [0.15, 0.2) is 60.7 Å². The number of β-amino-alcohol motifs (C(OH)–C–C–N with tert-alkyl or cyclic N) is 1. The lowest BCUT2D eigenvalue weighted by Gasteiger charge is -2.46. The highest BCUT2D eigenvalue weighted by Gasteiger charge is 2.50. The quantitative estimate of drug-likeness (QED) is 0.214. The second-order valence-electron chi connectivity index (χ2n) is 15.8. The summed E-state index contributed by atoms with van der Waals surface area (Å²) in [5, 5.41) is 9.76. The van der Waals surface area contributed by atoms with Crippen LogP contribution < -0.4 is 0 Å². The topological polar surface area (TPSA) is 85.8 Å². The van der Waals surface area contributed by atoms with Crippen LogP contribution in [0.3, 0.4) is 0 Å². The minimum Gasteiger partial charge on any atom is -0.395 e. The highest BCUT2D eigenvalue weighted by Crippen LogP contribution is 2.48. The molecule has 4 aliphatic rings. The molecule has 9 nitrogen and oxygen atoms in total. The lowest BCUT2D eigenvalue weighted by molar-refractivity contribution is -0.143. The van der Waals surface area contributed by atoms with Gasteiger partial charge in [-0.25, -0.2) is 0 Å². The minimum atomic E-state index is -5.11. The van der Waals surface area contributed by atoms with Gasteiger partial charge in [-0.3, -0.25) is 14.5 Å². The van der Waals surface area contributed by atoms with Crippen molar-refractivity contribution in [2.75, 3.05) is 85.3 Å². The number of ether oxygens (including phenoxy) is 2. The molecule has 3 heterocycles. The summed E-state index contributed by atoms with van der Waals surface area (Å²) in [5.41, 5.74) is -2.43. The number of fused-ring (bicyclic) bond motifs is 2. The second-order valence-corrected chi connectivity index (χ2v) is 16.7. The summed E-state index contributed by atoms with van der Waals surface area (Å²) >= 11 is 12.7. The van der Waals surface area contributed by atoms with Gasteiger partial charge in [0.25, 0.3) is 5.91 Å². The van der Waals surface area contributed by atoms with Crippen LogP contribution in [-0.4, -0.2) is 128 Å². The first-order chi connectivity index (χ1) is 28.0. The number of morpholine rings is 1. The molecule has 0 bridgehead atoms. The van der Waals surface area contributed by atoms with Crippen LogP contribution in [0, 0.1) is 0 Å². The van der Waals surface area contributed by atoms with Crippen LogP contribution in [0.2, 0.25) is 10.0 Å². The van der Waals surface area contributed by atoms with Crippen molar-refractivity contribution in [2.45, 2.75) is 55.2 Å². The van der Waals surface area contributed by atoms with Crippen molar-refractivity contribution in [3.05, 3.63) is 104 Å². The van der Waals surface area contributed by atoms with E-state index < -0.39 is 40.6 Å². The van der Waals surface area contributed by atoms with Crippen molar-refractivity contribution in [2.24, 2.45) is 0 Å². The molecular weight excluding hydrogens is 861 g/mol. The van der Waals surface area contributed by atoms with Gasteiger partial charge in [-0.15, -0.1) is 12.4 Å². The Labute approximate surface area is 360 Å². The first kappa shape index (κ1) is 46.4. The first-order valence-corrected chi connectivity index (χ1v) is 20.5. The van der Waals surface area contributed by atoms with Gasteiger partial charge < -0.3 is 29.3 Å². The Kier molecular flexibility index (Phi) is 14.4. The molecule has 0 radical (unpaired) electrons. The van der Waals surface area contributed by atoms with E-state index in [4.69, 9.17) is 32.7 Å². The Morgan fingerprint density at radius 3 is 2.08 bits per heavy atom. The normalized spacial score (nSPS) is 22.4. The van der Waals surface area contributed by atoms with Crippen LogP contribution in [0.4, 0.5) is 26.3 Å². The van der Waals surface area contributed by atoms with Crippen molar-refractivity contribution in [1.29, 1.82) is 0 Å². The monoisotopic (exact) mass is 906 g/mol. The average molecular weight is 908 g/mol. The van der Waals surface area contributed by atoms with E-state index in [0.717, 1.165) is 12.8 Å². The minimum absolute atomic E-state index is 0. The number of benzene rings is 3. The van der Waals surface area contributed by atoms with Gasteiger partial charge in [0.2, 0.25) is 5.91 Å². The fraction of sp³-hybridized carbons (Fsp3) is 0.524. The van der Waals surface area contributed by atoms with Crippen LogP contribution in [0.1, 0.15) is 57.4 Å². The largest absolute Gasteiger partial charge is 0.416 e. The van der Waals surface area contributed by atoms with E-state index in [1.54, 1.807) is 18.2 Å². The zero-order chi connectivity index (χ0) is 42.2. The molecule has 1 N–H and O–H groups in total. The molecule has 7 rings (SSSR count). The number of rotatable bonds is 10. The predicted octanol–water partition coefficient (Wildman–Crippen LogP) is 7.32. The van der Waals surface area contributed by atoms with E-state index in [1.165, 1.54) is 16.0 Å². The van der Waals surface area contributed by atoms with Crippen molar-refractivity contribution < 1.29 is 50.5 Å². The third kappa shape index (κ3) is 9.88. The molecule has 0 saturated carbocycles. The van der Waals surface area contributed by atoms with Crippen LogP contribution in [0.25, 0.3) is 0 Å². The Morgan fingerprint density at radius 1 is 0.800 bits per heavy atom. The number of likely N-dealkylation sites (tertiary alicyclic amines) is 1. The number of piperazine rings is 1. The van der Waals surface area contributed by atoms with E-state index in [0.29, 0.717) is 82.9 Å². The number of aliphatic hydroxyl groups excluding tert-OH is 1. The molecule has 3 aromatic carbocycles. The highest BCUT2D eigenvalue weighted by atomic mass is 35.5. The summed E-state index contributed by atoms with van der Waals surface area (Å²) in [6.45, 7) is 4.75. The van der Waals surface area contributed by atoms with Crippen molar-refractivity contribution in [3.8, 4) is 0 Å². The zero-order valence-electron chi connectivity index (χ0n) is 32.7. The number of halogens is 9. The molecule has 3 aromatic rings. The lowest BCUT2D eigenvalue weighted by Crippen LogP contribution is -2.54. The van der Waals surface area contributed by atoms with Gasteiger partial charge >= 0.3 is 12.4 Å². The number of carbonyl (C=O) groups excluding carboxylic acids is 2. The van der Waals surface area contributed by atoms with Gasteiger partial charge in [0.05, 0.1) is 47.0 Å². The number of carbonyl (C=O) groups is 2. The zero-order valence-corrected chi connectivity index (χ0v) is 35.0. The predicted molar refractivity (Wildman–Crippen MR) is 216 cm³/mol. The van der Waals surface area contributed by atoms with Crippen LogP contribution >= 0.6 is 35.6 Å². The Morgan fingerprint density at radius 2 is 1.45 bits per heavy atom. The standard InChI is InChI=1S/C42H46Cl2F6N4O5.ClH/c43-34-6-5-30(25-35(34)44)40(27-54(18-20-59-40)38(57)29-21-31(41(45,46)47)24-32(22-29)42(48,49)50)9-12-51-10-7-39(8-11-51)33-4-2-1-3-28(33)23-36(39)58-26-37(56)53-15-13-52(14-16-53)17-19-55;/h1-6,21-22,24-25,36,55H,7-20,23,26-27H2;1H/t36-,40-;/m0./s1. The summed E-state index contributed by atoms with van der Waals surface area (Å²) < 4.78 is 95.3. The molecule has 3 fully saturated rings. The number of piperidine rings is 1. The fourth-order valence-corrected chi connectivity index (χ4v) is 9.47. The molecule has 1 aliphatic carbocycles. The lowest BCUT2D eigenvalue weighted by atomic mass is 9.72. The molecule has 2 amide bonds. The molecule has 2 atom stereocenters. The molecule has 3 aliphatic heterocycles. The van der Waals surface area contributed by atoms with Gasteiger partial charge in [-0.1, -0.05) is 53.5 Å². The maximum absolute atomic E-state index is 13.8. The smallest absolute Gasteiger partial charge is 0.395 e. The van der Waals surface area contributed by atoms with E-state index in [9.17, 15) is 41.0 Å². The number of nitrogens with zero attached hydrogens (tertiary/aromatic N) is 4. The van der Waals surface area contributed by atoms with Gasteiger partial charge in [0, 0.05) is 56.8 Å². The van der Waals surface area contributed by atoms with E-state index in [1.807, 2.05) is 17.0 Å². The van der Waals surface area contributed by atoms with E-state index in [2.05, 4.69) is 21.9 Å². The molecule has 18 heteroatoms. The average Bonchev–Trinajstić information content (AvgIpc) is 3.52. The number of hydrogen-bond acceptors (Lipinski definition) is 7. The summed E-state index contributed by atoms with van der Waals surface area (Å²) in [6.07, 6.45) is -7.95. The van der Waals surface area contributed by atoms with E-state index >= 15 is 0 Å². The third-order valence-corrected chi connectivity index (χ3v) is 13.2. The summed E-state index contributed by atoms with van der Waals surface area (Å²) in [7, 11) is 0. The Hall–Kier alpha value is -3.15. The molecule has 328 valence electrons. The number of aliphatic hydroxyl groups is 1. The molecule has 3 saturated heterocycles. The molecule has 0 aromatic heterocycles. The second kappa shape index (κ2) is 18.7. The van der Waals surface area contributed by atoms with Gasteiger partial charge in [0.15, 0.2) is 0 Å². The van der Waals surface area contributed by atoms with E-state index in [-0.39, 0.29) is 78.9 Å². The molecule has 0 unspecified atom stereocenters. The fourth-order valence-electron chi connectivity index (χ4n) is 9.17. The highest BCUT2D eigenvalue weighted by molar-refractivity contribution is 6.42. The Bertz CT molecular complexity index is 1980. The van der Waals surface area contributed by atoms with Crippen molar-refractivity contribution in [3.63, 3.8) is 0 Å². The maximum Gasteiger partial charge on any atom is 0.416 e.